The molecule has 4 rings (SSSR count). The Morgan fingerprint density at radius 3 is 2.73 bits per heavy atom. The van der Waals surface area contributed by atoms with Gasteiger partial charge in [0, 0.05) is 23.9 Å². The summed E-state index contributed by atoms with van der Waals surface area (Å²) >= 11 is 0. The minimum absolute atomic E-state index is 0.0443. The Morgan fingerprint density at radius 1 is 1.20 bits per heavy atom. The lowest BCUT2D eigenvalue weighted by molar-refractivity contribution is -0.128. The highest BCUT2D eigenvalue weighted by Gasteiger charge is 2.29. The molecule has 2 aromatic rings. The minimum atomic E-state index is -3.65. The largest absolute Gasteiger partial charge is 0.372 e. The van der Waals surface area contributed by atoms with E-state index >= 15 is 0 Å². The van der Waals surface area contributed by atoms with Gasteiger partial charge in [0.05, 0.1) is 32.6 Å². The van der Waals surface area contributed by atoms with Crippen molar-refractivity contribution in [2.75, 3.05) is 32.7 Å². The Labute approximate surface area is 175 Å². The second-order valence-corrected chi connectivity index (χ2v) is 9.22. The van der Waals surface area contributed by atoms with Crippen molar-refractivity contribution in [2.24, 2.45) is 0 Å². The summed E-state index contributed by atoms with van der Waals surface area (Å²) in [6.45, 7) is 0.838. The van der Waals surface area contributed by atoms with Gasteiger partial charge >= 0.3 is 0 Å². The average Bonchev–Trinajstić information content (AvgIpc) is 3.25. The third-order valence-electron chi connectivity index (χ3n) is 5.34. The monoisotopic (exact) mass is 440 g/mol. The van der Waals surface area contributed by atoms with Crippen LogP contribution >= 0.6 is 0 Å². The SMILES string of the molecule is COS(=O)(=O)CC1COC(c2ccc(-c3cnn(C4CCCCO4)c3)cc2F)CO1. The van der Waals surface area contributed by atoms with Crippen molar-refractivity contribution in [3.63, 3.8) is 0 Å². The molecule has 8 nitrogen and oxygen atoms in total. The van der Waals surface area contributed by atoms with Crippen molar-refractivity contribution in [3.8, 4) is 11.1 Å². The Kier molecular flexibility index (Phi) is 6.49. The van der Waals surface area contributed by atoms with Crippen molar-refractivity contribution in [1.82, 2.24) is 9.78 Å². The summed E-state index contributed by atoms with van der Waals surface area (Å²) in [4.78, 5) is 0. The molecule has 30 heavy (non-hydrogen) atoms. The molecule has 2 fully saturated rings. The zero-order valence-electron chi connectivity index (χ0n) is 16.7. The summed E-state index contributed by atoms with van der Waals surface area (Å²) < 4.78 is 61.0. The van der Waals surface area contributed by atoms with Gasteiger partial charge in [-0.05, 0) is 30.9 Å². The van der Waals surface area contributed by atoms with Crippen molar-refractivity contribution in [2.45, 2.75) is 37.7 Å². The van der Waals surface area contributed by atoms with E-state index in [1.165, 1.54) is 6.07 Å². The van der Waals surface area contributed by atoms with Crippen molar-refractivity contribution >= 4 is 10.1 Å². The molecule has 164 valence electrons. The quantitative estimate of drug-likeness (QED) is 0.638. The third-order valence-corrected chi connectivity index (χ3v) is 6.63. The number of benzene rings is 1. The highest BCUT2D eigenvalue weighted by Crippen LogP contribution is 2.30. The first-order chi connectivity index (χ1) is 14.4. The summed E-state index contributed by atoms with van der Waals surface area (Å²) in [5.74, 6) is -0.711. The fourth-order valence-corrected chi connectivity index (χ4v) is 4.44. The zero-order valence-corrected chi connectivity index (χ0v) is 17.5. The Bertz CT molecular complexity index is 965. The van der Waals surface area contributed by atoms with Gasteiger partial charge in [-0.25, -0.2) is 9.07 Å². The van der Waals surface area contributed by atoms with Crippen LogP contribution in [0.15, 0.2) is 30.6 Å². The molecular formula is C20H25FN2O6S. The Morgan fingerprint density at radius 2 is 2.07 bits per heavy atom. The number of ether oxygens (including phenoxy) is 3. The van der Waals surface area contributed by atoms with Gasteiger partial charge in [-0.15, -0.1) is 0 Å². The van der Waals surface area contributed by atoms with E-state index in [0.717, 1.165) is 38.5 Å². The molecule has 1 aromatic heterocycles. The van der Waals surface area contributed by atoms with Gasteiger partial charge in [0.15, 0.2) is 0 Å². The molecule has 1 aromatic carbocycles. The van der Waals surface area contributed by atoms with Gasteiger partial charge in [-0.3, -0.25) is 4.18 Å². The van der Waals surface area contributed by atoms with Gasteiger partial charge in [-0.2, -0.15) is 13.5 Å². The number of rotatable bonds is 6. The lowest BCUT2D eigenvalue weighted by Gasteiger charge is -2.29. The van der Waals surface area contributed by atoms with E-state index in [2.05, 4.69) is 9.28 Å². The molecule has 2 aliphatic rings. The van der Waals surface area contributed by atoms with Crippen LogP contribution in [0.5, 0.6) is 0 Å². The maximum absolute atomic E-state index is 14.8. The van der Waals surface area contributed by atoms with Crippen LogP contribution < -0.4 is 0 Å². The fraction of sp³-hybridized carbons (Fsp3) is 0.550. The summed E-state index contributed by atoms with van der Waals surface area (Å²) in [6, 6.07) is 4.93. The topological polar surface area (TPSA) is 88.9 Å². The minimum Gasteiger partial charge on any atom is -0.372 e. The summed E-state index contributed by atoms with van der Waals surface area (Å²) in [5.41, 5.74) is 1.88. The van der Waals surface area contributed by atoms with E-state index in [4.69, 9.17) is 14.2 Å². The molecule has 0 spiro atoms. The highest BCUT2D eigenvalue weighted by atomic mass is 32.2. The van der Waals surface area contributed by atoms with Crippen molar-refractivity contribution in [1.29, 1.82) is 0 Å². The molecule has 3 heterocycles. The van der Waals surface area contributed by atoms with Crippen LogP contribution in [-0.4, -0.2) is 57.0 Å². The smallest absolute Gasteiger partial charge is 0.269 e. The third kappa shape index (κ3) is 4.89. The van der Waals surface area contributed by atoms with E-state index in [9.17, 15) is 12.8 Å². The van der Waals surface area contributed by atoms with Crippen LogP contribution in [0, 0.1) is 5.82 Å². The second kappa shape index (κ2) is 9.11. The number of aromatic nitrogens is 2. The fourth-order valence-electron chi connectivity index (χ4n) is 3.66. The lowest BCUT2D eigenvalue weighted by Crippen LogP contribution is -2.36. The van der Waals surface area contributed by atoms with Crippen LogP contribution in [0.3, 0.4) is 0 Å². The van der Waals surface area contributed by atoms with Gasteiger partial charge in [0.25, 0.3) is 10.1 Å². The summed E-state index contributed by atoms with van der Waals surface area (Å²) in [5, 5.41) is 4.37. The molecule has 0 bridgehead atoms. The maximum atomic E-state index is 14.8. The van der Waals surface area contributed by atoms with Crippen LogP contribution in [0.1, 0.15) is 37.2 Å². The Balaban J connectivity index is 1.41. The zero-order chi connectivity index (χ0) is 21.1. The molecule has 3 atom stereocenters. The first-order valence-corrected chi connectivity index (χ1v) is 11.5. The van der Waals surface area contributed by atoms with E-state index in [1.807, 2.05) is 12.3 Å². The van der Waals surface area contributed by atoms with E-state index < -0.39 is 28.1 Å². The van der Waals surface area contributed by atoms with E-state index in [0.29, 0.717) is 11.1 Å². The van der Waals surface area contributed by atoms with Crippen LogP contribution in [0.2, 0.25) is 0 Å². The van der Waals surface area contributed by atoms with Crippen LogP contribution in [0.25, 0.3) is 11.1 Å². The molecule has 2 saturated heterocycles. The number of halogens is 1. The van der Waals surface area contributed by atoms with Crippen molar-refractivity contribution in [3.05, 3.63) is 42.0 Å². The molecule has 0 aliphatic carbocycles. The molecule has 0 amide bonds. The number of hydrogen-bond donors (Lipinski definition) is 0. The van der Waals surface area contributed by atoms with Gasteiger partial charge in [-0.1, -0.05) is 12.1 Å². The maximum Gasteiger partial charge on any atom is 0.269 e. The molecule has 0 radical (unpaired) electrons. The second-order valence-electron chi connectivity index (χ2n) is 7.43. The van der Waals surface area contributed by atoms with Crippen LogP contribution in [0.4, 0.5) is 4.39 Å². The van der Waals surface area contributed by atoms with Crippen LogP contribution in [-0.2, 0) is 28.5 Å². The normalized spacial score (nSPS) is 25.3. The van der Waals surface area contributed by atoms with Gasteiger partial charge in [0.1, 0.15) is 23.9 Å². The number of nitrogens with zero attached hydrogens (tertiary/aromatic N) is 2. The molecule has 2 aliphatic heterocycles. The predicted molar refractivity (Wildman–Crippen MR) is 106 cm³/mol. The summed E-state index contributed by atoms with van der Waals surface area (Å²) in [6.07, 6.45) is 5.34. The first-order valence-electron chi connectivity index (χ1n) is 9.92. The predicted octanol–water partition coefficient (Wildman–Crippen LogP) is 2.82. The average molecular weight is 440 g/mol. The van der Waals surface area contributed by atoms with Gasteiger partial charge in [0.2, 0.25) is 0 Å². The van der Waals surface area contributed by atoms with E-state index in [-0.39, 0.29) is 25.2 Å². The highest BCUT2D eigenvalue weighted by molar-refractivity contribution is 7.86. The number of hydrogen-bond acceptors (Lipinski definition) is 7. The Hall–Kier alpha value is -1.85. The molecular weight excluding hydrogens is 415 g/mol. The molecule has 0 saturated carbocycles. The summed E-state index contributed by atoms with van der Waals surface area (Å²) in [7, 11) is -2.55. The first kappa shape index (κ1) is 21.4. The van der Waals surface area contributed by atoms with E-state index in [1.54, 1.807) is 16.9 Å². The standard InChI is InChI=1S/C20H25FN2O6S/c1-26-30(24,25)13-16-11-29-19(12-28-16)17-6-5-14(8-18(17)21)15-9-22-23(10-15)20-4-2-3-7-27-20/h5-6,8-10,16,19-20H,2-4,7,11-13H2,1H3. The molecule has 0 N–H and O–H groups in total. The molecule has 3 unspecified atom stereocenters. The van der Waals surface area contributed by atoms with Gasteiger partial charge < -0.3 is 14.2 Å². The molecule has 10 heteroatoms. The lowest BCUT2D eigenvalue weighted by atomic mass is 10.0. The van der Waals surface area contributed by atoms with Crippen molar-refractivity contribution < 1.29 is 31.2 Å².